The minimum Gasteiger partial charge on any atom is -0.488 e. The zero-order chi connectivity index (χ0) is 10.8. The Bertz CT molecular complexity index is 489. The second-order valence-electron chi connectivity index (χ2n) is 4.21. The van der Waals surface area contributed by atoms with E-state index >= 15 is 0 Å². The molecule has 1 saturated heterocycles. The molecule has 1 N–H and O–H groups in total. The van der Waals surface area contributed by atoms with Gasteiger partial charge >= 0.3 is 0 Å². The van der Waals surface area contributed by atoms with Crippen LogP contribution >= 0.6 is 12.4 Å². The lowest BCUT2D eigenvalue weighted by molar-refractivity contribution is 0.226. The van der Waals surface area contributed by atoms with E-state index in [1.807, 2.05) is 0 Å². The van der Waals surface area contributed by atoms with Crippen molar-refractivity contribution >= 4 is 23.2 Å². The summed E-state index contributed by atoms with van der Waals surface area (Å²) >= 11 is 0. The van der Waals surface area contributed by atoms with Crippen LogP contribution in [0.1, 0.15) is 6.42 Å². The van der Waals surface area contributed by atoms with Gasteiger partial charge in [0.05, 0.1) is 0 Å². The molecule has 0 spiro atoms. The molecule has 1 fully saturated rings. The molecule has 1 atom stereocenters. The Balaban J connectivity index is 0.00000108. The number of hydrogen-bond acceptors (Lipinski definition) is 2. The highest BCUT2D eigenvalue weighted by Crippen LogP contribution is 2.26. The Morgan fingerprint density at radius 1 is 1.06 bits per heavy atom. The molecule has 90 valence electrons. The number of benzene rings is 2. The first kappa shape index (κ1) is 12.2. The SMILES string of the molecule is Cl.c1ccc2c(OC3CCNC3)cccc2c1. The molecule has 0 aliphatic carbocycles. The van der Waals surface area contributed by atoms with Crippen LogP contribution in [-0.2, 0) is 0 Å². The third kappa shape index (κ3) is 2.54. The van der Waals surface area contributed by atoms with E-state index in [1.54, 1.807) is 0 Å². The molecule has 1 heterocycles. The second kappa shape index (κ2) is 5.39. The average Bonchev–Trinajstić information content (AvgIpc) is 2.82. The molecule has 0 amide bonds. The molecule has 2 aromatic carbocycles. The first-order valence-electron chi connectivity index (χ1n) is 5.78. The van der Waals surface area contributed by atoms with E-state index in [0.29, 0.717) is 6.10 Å². The highest BCUT2D eigenvalue weighted by molar-refractivity contribution is 5.88. The lowest BCUT2D eigenvalue weighted by atomic mass is 10.1. The lowest BCUT2D eigenvalue weighted by Gasteiger charge is -2.14. The first-order valence-corrected chi connectivity index (χ1v) is 5.78. The van der Waals surface area contributed by atoms with Gasteiger partial charge in [-0.25, -0.2) is 0 Å². The van der Waals surface area contributed by atoms with Gasteiger partial charge in [0.1, 0.15) is 11.9 Å². The van der Waals surface area contributed by atoms with Crippen LogP contribution in [0.25, 0.3) is 10.8 Å². The Hall–Kier alpha value is -1.25. The molecule has 2 aromatic rings. The fraction of sp³-hybridized carbons (Fsp3) is 0.286. The number of halogens is 1. The molecule has 0 aromatic heterocycles. The lowest BCUT2D eigenvalue weighted by Crippen LogP contribution is -2.19. The third-order valence-electron chi connectivity index (χ3n) is 3.06. The molecule has 1 unspecified atom stereocenters. The van der Waals surface area contributed by atoms with Gasteiger partial charge in [0.2, 0.25) is 0 Å². The number of ether oxygens (including phenoxy) is 1. The van der Waals surface area contributed by atoms with Gasteiger partial charge in [0.25, 0.3) is 0 Å². The minimum absolute atomic E-state index is 0. The summed E-state index contributed by atoms with van der Waals surface area (Å²) in [5.74, 6) is 1.01. The van der Waals surface area contributed by atoms with Crippen LogP contribution in [0.5, 0.6) is 5.75 Å². The van der Waals surface area contributed by atoms with Crippen LogP contribution in [0.2, 0.25) is 0 Å². The Kier molecular flexibility index (Phi) is 3.87. The van der Waals surface area contributed by atoms with Crippen LogP contribution < -0.4 is 10.1 Å². The van der Waals surface area contributed by atoms with Crippen molar-refractivity contribution < 1.29 is 4.74 Å². The fourth-order valence-corrected chi connectivity index (χ4v) is 2.21. The number of rotatable bonds is 2. The summed E-state index contributed by atoms with van der Waals surface area (Å²) in [6.45, 7) is 2.03. The molecular weight excluding hydrogens is 234 g/mol. The largest absolute Gasteiger partial charge is 0.488 e. The van der Waals surface area contributed by atoms with Crippen LogP contribution in [0, 0.1) is 0 Å². The van der Waals surface area contributed by atoms with E-state index < -0.39 is 0 Å². The minimum atomic E-state index is 0. The summed E-state index contributed by atoms with van der Waals surface area (Å²) in [7, 11) is 0. The molecule has 3 rings (SSSR count). The average molecular weight is 250 g/mol. The van der Waals surface area contributed by atoms with Crippen molar-refractivity contribution in [3.63, 3.8) is 0 Å². The standard InChI is InChI=1S/C14H15NO.ClH/c1-2-6-13-11(4-1)5-3-7-14(13)16-12-8-9-15-10-12;/h1-7,12,15H,8-10H2;1H. The van der Waals surface area contributed by atoms with Gasteiger partial charge in [-0.05, 0) is 24.4 Å². The van der Waals surface area contributed by atoms with Gasteiger partial charge in [0, 0.05) is 11.9 Å². The van der Waals surface area contributed by atoms with Crippen molar-refractivity contribution in [2.45, 2.75) is 12.5 Å². The molecule has 3 heteroatoms. The van der Waals surface area contributed by atoms with E-state index in [1.165, 1.54) is 10.8 Å². The van der Waals surface area contributed by atoms with Crippen molar-refractivity contribution in [3.05, 3.63) is 42.5 Å². The normalized spacial score (nSPS) is 18.9. The van der Waals surface area contributed by atoms with Crippen LogP contribution in [0.15, 0.2) is 42.5 Å². The maximum atomic E-state index is 6.03. The molecule has 1 aliphatic rings. The second-order valence-corrected chi connectivity index (χ2v) is 4.21. The van der Waals surface area contributed by atoms with Crippen molar-refractivity contribution in [1.29, 1.82) is 0 Å². The van der Waals surface area contributed by atoms with Gasteiger partial charge in [-0.3, -0.25) is 0 Å². The summed E-state index contributed by atoms with van der Waals surface area (Å²) in [5, 5.41) is 5.76. The van der Waals surface area contributed by atoms with Crippen molar-refractivity contribution in [2.75, 3.05) is 13.1 Å². The monoisotopic (exact) mass is 249 g/mol. The van der Waals surface area contributed by atoms with Gasteiger partial charge in [-0.1, -0.05) is 36.4 Å². The summed E-state index contributed by atoms with van der Waals surface area (Å²) in [5.41, 5.74) is 0. The fourth-order valence-electron chi connectivity index (χ4n) is 2.21. The van der Waals surface area contributed by atoms with Crippen molar-refractivity contribution in [2.24, 2.45) is 0 Å². The number of nitrogens with one attached hydrogen (secondary N) is 1. The molecule has 0 radical (unpaired) electrons. The Labute approximate surface area is 107 Å². The van der Waals surface area contributed by atoms with E-state index in [9.17, 15) is 0 Å². The van der Waals surface area contributed by atoms with Crippen molar-refractivity contribution in [1.82, 2.24) is 5.32 Å². The maximum absolute atomic E-state index is 6.03. The van der Waals surface area contributed by atoms with Crippen molar-refractivity contribution in [3.8, 4) is 5.75 Å². The van der Waals surface area contributed by atoms with E-state index in [-0.39, 0.29) is 12.4 Å². The zero-order valence-electron chi connectivity index (χ0n) is 9.56. The molecule has 17 heavy (non-hydrogen) atoms. The summed E-state index contributed by atoms with van der Waals surface area (Å²) in [6, 6.07) is 14.6. The van der Waals surface area contributed by atoms with E-state index in [2.05, 4.69) is 47.8 Å². The highest BCUT2D eigenvalue weighted by atomic mass is 35.5. The van der Waals surface area contributed by atoms with Crippen LogP contribution in [0.3, 0.4) is 0 Å². The molecule has 0 bridgehead atoms. The van der Waals surface area contributed by atoms with Crippen LogP contribution in [-0.4, -0.2) is 19.2 Å². The summed E-state index contributed by atoms with van der Waals surface area (Å²) in [4.78, 5) is 0. The van der Waals surface area contributed by atoms with E-state index in [4.69, 9.17) is 4.74 Å². The molecule has 2 nitrogen and oxygen atoms in total. The predicted octanol–water partition coefficient (Wildman–Crippen LogP) is 3.00. The highest BCUT2D eigenvalue weighted by Gasteiger charge is 2.16. The molecular formula is C14H16ClNO. The number of hydrogen-bond donors (Lipinski definition) is 1. The predicted molar refractivity (Wildman–Crippen MR) is 73.1 cm³/mol. The van der Waals surface area contributed by atoms with Crippen LogP contribution in [0.4, 0.5) is 0 Å². The topological polar surface area (TPSA) is 21.3 Å². The first-order chi connectivity index (χ1) is 7.93. The summed E-state index contributed by atoms with van der Waals surface area (Å²) < 4.78 is 6.03. The number of fused-ring (bicyclic) bond motifs is 1. The van der Waals surface area contributed by atoms with Gasteiger partial charge < -0.3 is 10.1 Å². The Morgan fingerprint density at radius 2 is 1.88 bits per heavy atom. The quantitative estimate of drug-likeness (QED) is 0.884. The van der Waals surface area contributed by atoms with Gasteiger partial charge in [0.15, 0.2) is 0 Å². The van der Waals surface area contributed by atoms with E-state index in [0.717, 1.165) is 25.3 Å². The van der Waals surface area contributed by atoms with Gasteiger partial charge in [-0.15, -0.1) is 12.4 Å². The zero-order valence-corrected chi connectivity index (χ0v) is 10.4. The maximum Gasteiger partial charge on any atom is 0.127 e. The smallest absolute Gasteiger partial charge is 0.127 e. The molecule has 0 saturated carbocycles. The molecule has 1 aliphatic heterocycles. The summed E-state index contributed by atoms with van der Waals surface area (Å²) in [6.07, 6.45) is 1.43. The Morgan fingerprint density at radius 3 is 2.71 bits per heavy atom. The van der Waals surface area contributed by atoms with Gasteiger partial charge in [-0.2, -0.15) is 0 Å². The third-order valence-corrected chi connectivity index (χ3v) is 3.06.